The van der Waals surface area contributed by atoms with E-state index >= 15 is 0 Å². The summed E-state index contributed by atoms with van der Waals surface area (Å²) < 4.78 is 10.8. The van der Waals surface area contributed by atoms with Gasteiger partial charge in [0.1, 0.15) is 18.1 Å². The van der Waals surface area contributed by atoms with Gasteiger partial charge in [-0.15, -0.1) is 0 Å². The Labute approximate surface area is 123 Å². The molecule has 108 valence electrons. The molecule has 0 radical (unpaired) electrons. The van der Waals surface area contributed by atoms with Gasteiger partial charge in [0.05, 0.1) is 7.11 Å². The zero-order valence-corrected chi connectivity index (χ0v) is 11.7. The van der Waals surface area contributed by atoms with E-state index in [1.807, 2.05) is 30.4 Å². The van der Waals surface area contributed by atoms with Gasteiger partial charge in [0, 0.05) is 17.7 Å². The van der Waals surface area contributed by atoms with E-state index in [-0.39, 0.29) is 0 Å². The van der Waals surface area contributed by atoms with Gasteiger partial charge >= 0.3 is 5.97 Å². The highest BCUT2D eigenvalue weighted by Crippen LogP contribution is 2.30. The number of rotatable bonds is 5. The molecule has 2 rings (SSSR count). The molecule has 21 heavy (non-hydrogen) atoms. The van der Waals surface area contributed by atoms with Gasteiger partial charge in [-0.05, 0) is 23.8 Å². The molecule has 0 aliphatic carbocycles. The molecule has 0 spiro atoms. The third-order valence-corrected chi connectivity index (χ3v) is 2.84. The molecule has 4 heteroatoms. The summed E-state index contributed by atoms with van der Waals surface area (Å²) in [5.41, 5.74) is 2.05. The summed E-state index contributed by atoms with van der Waals surface area (Å²) in [4.78, 5) is 10.3. The van der Waals surface area contributed by atoms with E-state index in [4.69, 9.17) is 14.6 Å². The number of hydrogen-bond donors (Lipinski definition) is 1. The van der Waals surface area contributed by atoms with Crippen LogP contribution in [0.5, 0.6) is 11.5 Å². The molecule has 1 heterocycles. The first-order chi connectivity index (χ1) is 10.2. The first-order valence-electron chi connectivity index (χ1n) is 6.45. The third kappa shape index (κ3) is 4.38. The number of carboxylic acid groups (broad SMARTS) is 1. The van der Waals surface area contributed by atoms with Crippen molar-refractivity contribution in [2.45, 2.75) is 0 Å². The van der Waals surface area contributed by atoms with Crippen molar-refractivity contribution < 1.29 is 19.4 Å². The number of allylic oxidation sites excluding steroid dienone is 4. The van der Waals surface area contributed by atoms with Gasteiger partial charge in [0.15, 0.2) is 0 Å². The van der Waals surface area contributed by atoms with Gasteiger partial charge < -0.3 is 14.6 Å². The molecule has 0 unspecified atom stereocenters. The molecular formula is C17H16O4. The number of methoxy groups -OCH3 is 1. The molecule has 1 aliphatic heterocycles. The zero-order valence-electron chi connectivity index (χ0n) is 11.7. The van der Waals surface area contributed by atoms with E-state index < -0.39 is 5.97 Å². The number of carboxylic acids is 1. The first kappa shape index (κ1) is 14.7. The molecule has 0 atom stereocenters. The summed E-state index contributed by atoms with van der Waals surface area (Å²) in [6.07, 6.45) is 11.8. The van der Waals surface area contributed by atoms with Crippen LogP contribution >= 0.6 is 0 Å². The highest BCUT2D eigenvalue weighted by atomic mass is 16.5. The lowest BCUT2D eigenvalue weighted by atomic mass is 10.1. The summed E-state index contributed by atoms with van der Waals surface area (Å²) in [7, 11) is 1.62. The Kier molecular flexibility index (Phi) is 4.99. The summed E-state index contributed by atoms with van der Waals surface area (Å²) in [5.74, 6) is 0.625. The maximum atomic E-state index is 10.3. The summed E-state index contributed by atoms with van der Waals surface area (Å²) in [5, 5.41) is 8.43. The lowest BCUT2D eigenvalue weighted by Crippen LogP contribution is -2.05. The van der Waals surface area contributed by atoms with E-state index in [0.717, 1.165) is 28.7 Å². The Morgan fingerprint density at radius 1 is 1.29 bits per heavy atom. The number of fused-ring (bicyclic) bond motifs is 1. The summed E-state index contributed by atoms with van der Waals surface area (Å²) in [6.45, 7) is 0.496. The van der Waals surface area contributed by atoms with Gasteiger partial charge in [-0.3, -0.25) is 0 Å². The van der Waals surface area contributed by atoms with Crippen molar-refractivity contribution in [1.29, 1.82) is 0 Å². The van der Waals surface area contributed by atoms with Crippen molar-refractivity contribution >= 4 is 12.0 Å². The molecule has 1 aliphatic rings. The van der Waals surface area contributed by atoms with E-state index in [9.17, 15) is 4.79 Å². The highest BCUT2D eigenvalue weighted by molar-refractivity contribution is 5.80. The molecule has 0 saturated heterocycles. The SMILES string of the molecule is COc1ccc2c(c1)OCC(C=CC=CC=CC(=O)O)=C2. The fraction of sp³-hybridized carbons (Fsp3) is 0.118. The Hall–Kier alpha value is -2.75. The normalized spacial score (nSPS) is 14.2. The average molecular weight is 284 g/mol. The van der Waals surface area contributed by atoms with Crippen molar-refractivity contribution in [2.75, 3.05) is 13.7 Å². The maximum absolute atomic E-state index is 10.3. The summed E-state index contributed by atoms with van der Waals surface area (Å²) in [6, 6.07) is 5.71. The molecule has 0 amide bonds. The van der Waals surface area contributed by atoms with Crippen molar-refractivity contribution in [3.63, 3.8) is 0 Å². The van der Waals surface area contributed by atoms with E-state index in [0.29, 0.717) is 6.61 Å². The van der Waals surface area contributed by atoms with Crippen molar-refractivity contribution in [3.8, 4) is 11.5 Å². The Morgan fingerprint density at radius 2 is 2.10 bits per heavy atom. The maximum Gasteiger partial charge on any atom is 0.328 e. The summed E-state index contributed by atoms with van der Waals surface area (Å²) >= 11 is 0. The smallest absolute Gasteiger partial charge is 0.328 e. The van der Waals surface area contributed by atoms with Crippen LogP contribution in [0.15, 0.2) is 60.2 Å². The minimum absolute atomic E-state index is 0.496. The monoisotopic (exact) mass is 284 g/mol. The fourth-order valence-corrected chi connectivity index (χ4v) is 1.83. The van der Waals surface area contributed by atoms with Crippen LogP contribution < -0.4 is 9.47 Å². The minimum Gasteiger partial charge on any atom is -0.497 e. The topological polar surface area (TPSA) is 55.8 Å². The van der Waals surface area contributed by atoms with Crippen LogP contribution in [-0.4, -0.2) is 24.8 Å². The van der Waals surface area contributed by atoms with Crippen LogP contribution in [0.3, 0.4) is 0 Å². The second-order valence-electron chi connectivity index (χ2n) is 4.35. The second-order valence-corrected chi connectivity index (χ2v) is 4.35. The van der Waals surface area contributed by atoms with Crippen molar-refractivity contribution in [1.82, 2.24) is 0 Å². The van der Waals surface area contributed by atoms with E-state index in [1.165, 1.54) is 6.08 Å². The molecule has 1 aromatic carbocycles. The first-order valence-corrected chi connectivity index (χ1v) is 6.45. The minimum atomic E-state index is -0.959. The zero-order chi connectivity index (χ0) is 15.1. The predicted molar refractivity (Wildman–Crippen MR) is 81.5 cm³/mol. The largest absolute Gasteiger partial charge is 0.497 e. The number of ether oxygens (including phenoxy) is 2. The highest BCUT2D eigenvalue weighted by Gasteiger charge is 2.10. The van der Waals surface area contributed by atoms with Crippen molar-refractivity contribution in [3.05, 3.63) is 65.8 Å². The van der Waals surface area contributed by atoms with Crippen molar-refractivity contribution in [2.24, 2.45) is 0 Å². The lowest BCUT2D eigenvalue weighted by molar-refractivity contribution is -0.131. The van der Waals surface area contributed by atoms with Crippen LogP contribution in [0, 0.1) is 0 Å². The number of benzene rings is 1. The van der Waals surface area contributed by atoms with Gasteiger partial charge in [-0.2, -0.15) is 0 Å². The third-order valence-electron chi connectivity index (χ3n) is 2.84. The van der Waals surface area contributed by atoms with Crippen LogP contribution in [0.2, 0.25) is 0 Å². The number of carbonyl (C=O) groups is 1. The van der Waals surface area contributed by atoms with Gasteiger partial charge in [-0.1, -0.05) is 30.4 Å². The van der Waals surface area contributed by atoms with Crippen LogP contribution in [0.4, 0.5) is 0 Å². The molecule has 0 aromatic heterocycles. The average Bonchev–Trinajstić information content (AvgIpc) is 2.49. The second kappa shape index (κ2) is 7.14. The number of aliphatic carboxylic acids is 1. The van der Waals surface area contributed by atoms with Gasteiger partial charge in [0.25, 0.3) is 0 Å². The molecule has 1 aromatic rings. The van der Waals surface area contributed by atoms with Gasteiger partial charge in [-0.25, -0.2) is 4.79 Å². The Balaban J connectivity index is 2.02. The molecule has 0 saturated carbocycles. The molecule has 4 nitrogen and oxygen atoms in total. The standard InChI is InChI=1S/C17H16O4/c1-20-15-9-8-14-10-13(12-21-16(14)11-15)6-4-2-3-5-7-17(18)19/h2-11H,12H2,1H3,(H,18,19). The lowest BCUT2D eigenvalue weighted by Gasteiger charge is -2.16. The number of hydrogen-bond acceptors (Lipinski definition) is 3. The van der Waals surface area contributed by atoms with Crippen LogP contribution in [0.1, 0.15) is 5.56 Å². The van der Waals surface area contributed by atoms with Crippen LogP contribution in [-0.2, 0) is 4.79 Å². The quantitative estimate of drug-likeness (QED) is 0.666. The molecular weight excluding hydrogens is 268 g/mol. The van der Waals surface area contributed by atoms with E-state index in [2.05, 4.69) is 6.08 Å². The van der Waals surface area contributed by atoms with Gasteiger partial charge in [0.2, 0.25) is 0 Å². The molecule has 0 fully saturated rings. The Bertz CT molecular complexity index is 636. The fourth-order valence-electron chi connectivity index (χ4n) is 1.83. The molecule has 1 N–H and O–H groups in total. The van der Waals surface area contributed by atoms with E-state index in [1.54, 1.807) is 19.3 Å². The predicted octanol–water partition coefficient (Wildman–Crippen LogP) is 3.22. The molecule has 0 bridgehead atoms. The van der Waals surface area contributed by atoms with Crippen LogP contribution in [0.25, 0.3) is 6.08 Å². The Morgan fingerprint density at radius 3 is 2.86 bits per heavy atom.